The number of amides is 2. The quantitative estimate of drug-likeness (QED) is 0.811. The van der Waals surface area contributed by atoms with Gasteiger partial charge in [-0.2, -0.15) is 0 Å². The number of rotatable bonds is 4. The first-order chi connectivity index (χ1) is 12.1. The monoisotopic (exact) mass is 375 g/mol. The van der Waals surface area contributed by atoms with Crippen molar-refractivity contribution in [3.8, 4) is 11.5 Å². The summed E-state index contributed by atoms with van der Waals surface area (Å²) in [5.74, 6) is 1.22. The van der Waals surface area contributed by atoms with Crippen molar-refractivity contribution in [2.24, 2.45) is 0 Å². The maximum absolute atomic E-state index is 12.6. The molecule has 0 bridgehead atoms. The standard InChI is InChI=1S/C18H14ClNO4S/c19-13-4-1-11(2-5-13)9-20-17(21)16(25-18(20)22)8-12-3-6-14-15(7-12)24-10-23-14/h1-7,16H,8-10H2/t16-/m1/s1. The lowest BCUT2D eigenvalue weighted by molar-refractivity contribution is -0.127. The van der Waals surface area contributed by atoms with Crippen LogP contribution in [0.15, 0.2) is 42.5 Å². The first kappa shape index (κ1) is 16.3. The van der Waals surface area contributed by atoms with Crippen molar-refractivity contribution in [1.82, 2.24) is 4.90 Å². The Labute approximate surface area is 153 Å². The Kier molecular flexibility index (Phi) is 4.31. The summed E-state index contributed by atoms with van der Waals surface area (Å²) in [6.45, 7) is 0.475. The van der Waals surface area contributed by atoms with Crippen molar-refractivity contribution < 1.29 is 19.1 Å². The van der Waals surface area contributed by atoms with Crippen LogP contribution in [0.5, 0.6) is 11.5 Å². The molecule has 0 radical (unpaired) electrons. The van der Waals surface area contributed by atoms with Gasteiger partial charge in [0, 0.05) is 5.02 Å². The molecule has 5 nitrogen and oxygen atoms in total. The second-order valence-electron chi connectivity index (χ2n) is 5.81. The zero-order valence-electron chi connectivity index (χ0n) is 13.1. The first-order valence-corrected chi connectivity index (χ1v) is 9.01. The Hall–Kier alpha value is -2.18. The van der Waals surface area contributed by atoms with Crippen LogP contribution in [0.3, 0.4) is 0 Å². The minimum absolute atomic E-state index is 0.164. The van der Waals surface area contributed by atoms with Gasteiger partial charge in [-0.05, 0) is 41.8 Å². The summed E-state index contributed by atoms with van der Waals surface area (Å²) in [4.78, 5) is 26.2. The van der Waals surface area contributed by atoms with Crippen molar-refractivity contribution in [2.45, 2.75) is 18.2 Å². The fraction of sp³-hybridized carbons (Fsp3) is 0.222. The minimum Gasteiger partial charge on any atom is -0.454 e. The van der Waals surface area contributed by atoms with E-state index < -0.39 is 5.25 Å². The summed E-state index contributed by atoms with van der Waals surface area (Å²) >= 11 is 6.94. The van der Waals surface area contributed by atoms with E-state index in [0.717, 1.165) is 22.9 Å². The third-order valence-electron chi connectivity index (χ3n) is 4.12. The van der Waals surface area contributed by atoms with Crippen LogP contribution in [0.2, 0.25) is 5.02 Å². The lowest BCUT2D eigenvalue weighted by Gasteiger charge is -2.14. The van der Waals surface area contributed by atoms with Crippen molar-refractivity contribution in [3.05, 3.63) is 58.6 Å². The molecule has 0 spiro atoms. The van der Waals surface area contributed by atoms with E-state index in [0.29, 0.717) is 22.9 Å². The molecule has 0 N–H and O–H groups in total. The lowest BCUT2D eigenvalue weighted by Crippen LogP contribution is -2.31. The maximum Gasteiger partial charge on any atom is 0.289 e. The molecule has 0 aromatic heterocycles. The molecule has 1 atom stereocenters. The molecule has 0 aliphatic carbocycles. The molecule has 25 heavy (non-hydrogen) atoms. The highest BCUT2D eigenvalue weighted by Crippen LogP contribution is 2.35. The zero-order chi connectivity index (χ0) is 17.4. The zero-order valence-corrected chi connectivity index (χ0v) is 14.7. The van der Waals surface area contributed by atoms with E-state index in [-0.39, 0.29) is 24.5 Å². The number of halogens is 1. The molecule has 0 saturated carbocycles. The Morgan fingerprint density at radius 3 is 2.56 bits per heavy atom. The third kappa shape index (κ3) is 3.32. The lowest BCUT2D eigenvalue weighted by atomic mass is 10.1. The molecule has 2 aromatic rings. The van der Waals surface area contributed by atoms with Gasteiger partial charge >= 0.3 is 0 Å². The number of fused-ring (bicyclic) bond motifs is 1. The van der Waals surface area contributed by atoms with Gasteiger partial charge in [-0.25, -0.2) is 0 Å². The summed E-state index contributed by atoms with van der Waals surface area (Å²) in [5.41, 5.74) is 1.81. The summed E-state index contributed by atoms with van der Waals surface area (Å²) in [6.07, 6.45) is 0.475. The molecular formula is C18H14ClNO4S. The number of benzene rings is 2. The number of imide groups is 1. The number of nitrogens with zero attached hydrogens (tertiary/aromatic N) is 1. The molecule has 2 amide bonds. The Morgan fingerprint density at radius 2 is 1.76 bits per heavy atom. The van der Waals surface area contributed by atoms with Gasteiger partial charge < -0.3 is 9.47 Å². The molecule has 2 aromatic carbocycles. The Morgan fingerprint density at radius 1 is 1.04 bits per heavy atom. The molecule has 4 rings (SSSR count). The van der Waals surface area contributed by atoms with Crippen molar-refractivity contribution in [3.63, 3.8) is 0 Å². The van der Waals surface area contributed by atoms with E-state index in [1.807, 2.05) is 30.3 Å². The molecule has 7 heteroatoms. The summed E-state index contributed by atoms with van der Waals surface area (Å²) in [6, 6.07) is 12.7. The SMILES string of the molecule is O=C1S[C@H](Cc2ccc3c(c2)OCO3)C(=O)N1Cc1ccc(Cl)cc1. The highest BCUT2D eigenvalue weighted by atomic mass is 35.5. The van der Waals surface area contributed by atoms with Crippen molar-refractivity contribution in [1.29, 1.82) is 0 Å². The number of hydrogen-bond acceptors (Lipinski definition) is 5. The maximum atomic E-state index is 12.6. The largest absolute Gasteiger partial charge is 0.454 e. The normalized spacial score (nSPS) is 18.9. The third-order valence-corrected chi connectivity index (χ3v) is 5.44. The second kappa shape index (κ2) is 6.61. The van der Waals surface area contributed by atoms with Crippen LogP contribution in [0.1, 0.15) is 11.1 Å². The van der Waals surface area contributed by atoms with Crippen LogP contribution < -0.4 is 9.47 Å². The minimum atomic E-state index is -0.417. The topological polar surface area (TPSA) is 55.8 Å². The smallest absolute Gasteiger partial charge is 0.289 e. The second-order valence-corrected chi connectivity index (χ2v) is 7.41. The fourth-order valence-corrected chi connectivity index (χ4v) is 3.98. The van der Waals surface area contributed by atoms with Crippen molar-refractivity contribution in [2.75, 3.05) is 6.79 Å². The summed E-state index contributed by atoms with van der Waals surface area (Å²) < 4.78 is 10.6. The number of carbonyl (C=O) groups excluding carboxylic acids is 2. The van der Waals surface area contributed by atoms with Crippen molar-refractivity contribution >= 4 is 34.5 Å². The molecule has 128 valence electrons. The van der Waals surface area contributed by atoms with E-state index in [1.165, 1.54) is 4.90 Å². The van der Waals surface area contributed by atoms with Crippen LogP contribution in [0.25, 0.3) is 0 Å². The number of thioether (sulfide) groups is 1. The summed E-state index contributed by atoms with van der Waals surface area (Å²) in [7, 11) is 0. The molecule has 2 aliphatic rings. The van der Waals surface area contributed by atoms with Gasteiger partial charge in [0.25, 0.3) is 5.24 Å². The average molecular weight is 376 g/mol. The summed E-state index contributed by atoms with van der Waals surface area (Å²) in [5, 5.41) is -0.0104. The van der Waals surface area contributed by atoms with E-state index in [2.05, 4.69) is 0 Å². The van der Waals surface area contributed by atoms with Crippen LogP contribution >= 0.6 is 23.4 Å². The molecule has 1 saturated heterocycles. The van der Waals surface area contributed by atoms with Gasteiger partial charge in [-0.15, -0.1) is 0 Å². The average Bonchev–Trinajstić information content (AvgIpc) is 3.16. The molecule has 1 fully saturated rings. The number of ether oxygens (including phenoxy) is 2. The van der Waals surface area contributed by atoms with Crippen LogP contribution in [0, 0.1) is 0 Å². The van der Waals surface area contributed by atoms with Gasteiger partial charge in [-0.3, -0.25) is 14.5 Å². The van der Waals surface area contributed by atoms with E-state index in [1.54, 1.807) is 12.1 Å². The highest BCUT2D eigenvalue weighted by Gasteiger charge is 2.39. The number of carbonyl (C=O) groups is 2. The number of hydrogen-bond donors (Lipinski definition) is 0. The van der Waals surface area contributed by atoms with Gasteiger partial charge in [0.2, 0.25) is 12.7 Å². The predicted molar refractivity (Wildman–Crippen MR) is 95.0 cm³/mol. The predicted octanol–water partition coefficient (Wildman–Crippen LogP) is 3.88. The first-order valence-electron chi connectivity index (χ1n) is 7.75. The Balaban J connectivity index is 1.46. The van der Waals surface area contributed by atoms with E-state index in [9.17, 15) is 9.59 Å². The fourth-order valence-electron chi connectivity index (χ4n) is 2.83. The van der Waals surface area contributed by atoms with Gasteiger partial charge in [0.05, 0.1) is 11.8 Å². The molecular weight excluding hydrogens is 362 g/mol. The molecule has 0 unspecified atom stereocenters. The van der Waals surface area contributed by atoms with Crippen LogP contribution in [-0.2, 0) is 17.8 Å². The molecule has 2 aliphatic heterocycles. The van der Waals surface area contributed by atoms with Crippen LogP contribution in [0.4, 0.5) is 4.79 Å². The Bertz CT molecular complexity index is 839. The van der Waals surface area contributed by atoms with Crippen LogP contribution in [-0.4, -0.2) is 28.1 Å². The van der Waals surface area contributed by atoms with Gasteiger partial charge in [-0.1, -0.05) is 41.6 Å². The van der Waals surface area contributed by atoms with E-state index >= 15 is 0 Å². The highest BCUT2D eigenvalue weighted by molar-refractivity contribution is 8.15. The van der Waals surface area contributed by atoms with Gasteiger partial charge in [0.1, 0.15) is 0 Å². The van der Waals surface area contributed by atoms with Gasteiger partial charge in [0.15, 0.2) is 11.5 Å². The molecule has 2 heterocycles. The van der Waals surface area contributed by atoms with E-state index in [4.69, 9.17) is 21.1 Å².